The van der Waals surface area contributed by atoms with Gasteiger partial charge in [-0.05, 0) is 37.1 Å². The highest BCUT2D eigenvalue weighted by Crippen LogP contribution is 2.47. The van der Waals surface area contributed by atoms with Gasteiger partial charge in [0.25, 0.3) is 0 Å². The molecule has 1 unspecified atom stereocenters. The van der Waals surface area contributed by atoms with Crippen molar-refractivity contribution in [2.24, 2.45) is 11.8 Å². The van der Waals surface area contributed by atoms with Crippen LogP contribution in [0.3, 0.4) is 0 Å². The number of halogens is 1. The molecule has 1 aromatic rings. The van der Waals surface area contributed by atoms with Crippen LogP contribution in [0, 0.1) is 17.7 Å². The number of rotatable bonds is 5. The first-order valence-electron chi connectivity index (χ1n) is 8.92. The number of hydrogen-bond acceptors (Lipinski definition) is 5. The number of piperidine rings is 1. The number of nitrogens with one attached hydrogen (secondary N) is 2. The normalized spacial score (nSPS) is 29.6. The SMILES string of the molecule is CNC1[C@H]2CN(c3ccc(N4C[C@H](CNC(C)=O)OC4=O)cc3F)C[C@@H]12. The number of ether oxygens (including phenoxy) is 1. The van der Waals surface area contributed by atoms with Crippen LogP contribution in [-0.2, 0) is 9.53 Å². The fourth-order valence-electron chi connectivity index (χ4n) is 4.17. The van der Waals surface area contributed by atoms with Crippen LogP contribution in [-0.4, -0.2) is 57.4 Å². The molecule has 0 aromatic heterocycles. The van der Waals surface area contributed by atoms with E-state index in [0.717, 1.165) is 13.1 Å². The van der Waals surface area contributed by atoms with Crippen molar-refractivity contribution in [3.05, 3.63) is 24.0 Å². The molecule has 140 valence electrons. The molecule has 2 amide bonds. The quantitative estimate of drug-likeness (QED) is 0.816. The lowest BCUT2D eigenvalue weighted by atomic mass is 10.2. The minimum atomic E-state index is -0.521. The summed E-state index contributed by atoms with van der Waals surface area (Å²) in [5.41, 5.74) is 1.05. The Morgan fingerprint density at radius 2 is 2.04 bits per heavy atom. The molecule has 0 spiro atoms. The van der Waals surface area contributed by atoms with Gasteiger partial charge >= 0.3 is 6.09 Å². The molecule has 2 heterocycles. The molecule has 4 rings (SSSR count). The van der Waals surface area contributed by atoms with Crippen LogP contribution in [0.1, 0.15) is 6.92 Å². The topological polar surface area (TPSA) is 73.9 Å². The minimum Gasteiger partial charge on any atom is -0.442 e. The highest BCUT2D eigenvalue weighted by Gasteiger charge is 2.55. The summed E-state index contributed by atoms with van der Waals surface area (Å²) in [6.45, 7) is 3.66. The molecule has 1 aromatic carbocycles. The zero-order chi connectivity index (χ0) is 18.4. The molecule has 4 atom stereocenters. The van der Waals surface area contributed by atoms with E-state index < -0.39 is 12.2 Å². The number of anilines is 2. The van der Waals surface area contributed by atoms with Gasteiger partial charge in [0.1, 0.15) is 11.9 Å². The Morgan fingerprint density at radius 1 is 1.31 bits per heavy atom. The van der Waals surface area contributed by atoms with Crippen LogP contribution in [0.25, 0.3) is 0 Å². The Labute approximate surface area is 151 Å². The molecular formula is C18H23FN4O3. The van der Waals surface area contributed by atoms with E-state index in [9.17, 15) is 14.0 Å². The van der Waals surface area contributed by atoms with Crippen LogP contribution in [0.2, 0.25) is 0 Å². The second-order valence-corrected chi connectivity index (χ2v) is 7.24. The molecule has 26 heavy (non-hydrogen) atoms. The summed E-state index contributed by atoms with van der Waals surface area (Å²) in [5, 5.41) is 5.92. The maximum Gasteiger partial charge on any atom is 0.414 e. The van der Waals surface area contributed by atoms with Gasteiger partial charge in [-0.2, -0.15) is 0 Å². The summed E-state index contributed by atoms with van der Waals surface area (Å²) < 4.78 is 19.9. The first-order chi connectivity index (χ1) is 12.5. The van der Waals surface area contributed by atoms with Crippen LogP contribution in [0.5, 0.6) is 0 Å². The average molecular weight is 362 g/mol. The molecule has 7 nitrogen and oxygen atoms in total. The molecule has 2 saturated heterocycles. The monoisotopic (exact) mass is 362 g/mol. The van der Waals surface area contributed by atoms with E-state index in [-0.39, 0.29) is 24.8 Å². The predicted molar refractivity (Wildman–Crippen MR) is 94.7 cm³/mol. The lowest BCUT2D eigenvalue weighted by Crippen LogP contribution is -2.33. The maximum atomic E-state index is 14.7. The van der Waals surface area contributed by atoms with E-state index in [4.69, 9.17) is 4.74 Å². The van der Waals surface area contributed by atoms with Crippen molar-refractivity contribution >= 4 is 23.4 Å². The van der Waals surface area contributed by atoms with Crippen molar-refractivity contribution in [2.75, 3.05) is 43.0 Å². The lowest BCUT2D eigenvalue weighted by Gasteiger charge is -2.23. The number of hydrogen-bond donors (Lipinski definition) is 2. The van der Waals surface area contributed by atoms with Crippen molar-refractivity contribution in [1.29, 1.82) is 0 Å². The molecule has 0 bridgehead atoms. The molecule has 3 fully saturated rings. The second-order valence-electron chi connectivity index (χ2n) is 7.24. The molecular weight excluding hydrogens is 339 g/mol. The standard InChI is InChI=1S/C18H23FN4O3/c1-10(24)21-6-12-7-23(18(25)26-12)11-3-4-16(15(19)5-11)22-8-13-14(9-22)17(13)20-2/h3-5,12-14,17,20H,6-9H2,1-2H3,(H,21,24)/t12-,13-,14+,17?/m0/s1. The minimum absolute atomic E-state index is 0.181. The van der Waals surface area contributed by atoms with Gasteiger partial charge in [-0.1, -0.05) is 0 Å². The van der Waals surface area contributed by atoms with Gasteiger partial charge in [0.2, 0.25) is 5.91 Å². The summed E-state index contributed by atoms with van der Waals surface area (Å²) in [5.74, 6) is 0.686. The van der Waals surface area contributed by atoms with Gasteiger partial charge < -0.3 is 20.3 Å². The molecule has 3 aliphatic rings. The molecule has 8 heteroatoms. The van der Waals surface area contributed by atoms with E-state index in [0.29, 0.717) is 29.3 Å². The fraction of sp³-hybridized carbons (Fsp3) is 0.556. The van der Waals surface area contributed by atoms with Crippen molar-refractivity contribution in [2.45, 2.75) is 19.1 Å². The van der Waals surface area contributed by atoms with Crippen molar-refractivity contribution in [1.82, 2.24) is 10.6 Å². The van der Waals surface area contributed by atoms with Crippen LogP contribution >= 0.6 is 0 Å². The molecule has 1 aliphatic carbocycles. The smallest absolute Gasteiger partial charge is 0.414 e. The third-order valence-electron chi connectivity index (χ3n) is 5.56. The first kappa shape index (κ1) is 17.1. The summed E-state index contributed by atoms with van der Waals surface area (Å²) in [7, 11) is 1.97. The number of benzene rings is 1. The van der Waals surface area contributed by atoms with Gasteiger partial charge in [0, 0.05) is 26.1 Å². The third-order valence-corrected chi connectivity index (χ3v) is 5.56. The maximum absolute atomic E-state index is 14.7. The highest BCUT2D eigenvalue weighted by molar-refractivity contribution is 5.90. The van der Waals surface area contributed by atoms with Crippen LogP contribution in [0.4, 0.5) is 20.6 Å². The molecule has 2 N–H and O–H groups in total. The summed E-state index contributed by atoms with van der Waals surface area (Å²) in [6.07, 6.45) is -0.954. The Kier molecular flexibility index (Phi) is 4.22. The van der Waals surface area contributed by atoms with E-state index in [1.807, 2.05) is 7.05 Å². The Morgan fingerprint density at radius 3 is 2.65 bits per heavy atom. The Hall–Kier alpha value is -2.35. The lowest BCUT2D eigenvalue weighted by molar-refractivity contribution is -0.119. The number of amides is 2. The first-order valence-corrected chi connectivity index (χ1v) is 8.92. The van der Waals surface area contributed by atoms with Crippen molar-refractivity contribution in [3.63, 3.8) is 0 Å². The summed E-state index contributed by atoms with van der Waals surface area (Å²) >= 11 is 0. The molecule has 1 saturated carbocycles. The van der Waals surface area contributed by atoms with Crippen molar-refractivity contribution < 1.29 is 18.7 Å². The summed E-state index contributed by atoms with van der Waals surface area (Å²) in [6, 6.07) is 5.43. The Balaban J connectivity index is 1.42. The van der Waals surface area contributed by atoms with E-state index >= 15 is 0 Å². The van der Waals surface area contributed by atoms with Gasteiger partial charge in [0.15, 0.2) is 0 Å². The van der Waals surface area contributed by atoms with Gasteiger partial charge in [-0.3, -0.25) is 9.69 Å². The fourth-order valence-corrected chi connectivity index (χ4v) is 4.17. The van der Waals surface area contributed by atoms with E-state index in [1.165, 1.54) is 17.9 Å². The Bertz CT molecular complexity index is 731. The van der Waals surface area contributed by atoms with E-state index in [1.54, 1.807) is 12.1 Å². The number of fused-ring (bicyclic) bond motifs is 1. The summed E-state index contributed by atoms with van der Waals surface area (Å²) in [4.78, 5) is 26.5. The van der Waals surface area contributed by atoms with Crippen LogP contribution < -0.4 is 20.4 Å². The van der Waals surface area contributed by atoms with E-state index in [2.05, 4.69) is 15.5 Å². The number of carbonyl (C=O) groups excluding carboxylic acids is 2. The van der Waals surface area contributed by atoms with Gasteiger partial charge in [-0.15, -0.1) is 0 Å². The number of nitrogens with zero attached hydrogens (tertiary/aromatic N) is 2. The largest absolute Gasteiger partial charge is 0.442 e. The number of cyclic esters (lactones) is 1. The second kappa shape index (κ2) is 6.42. The molecule has 2 aliphatic heterocycles. The third kappa shape index (κ3) is 2.98. The average Bonchev–Trinajstić information content (AvgIpc) is 2.93. The van der Waals surface area contributed by atoms with Gasteiger partial charge in [0.05, 0.1) is 24.5 Å². The van der Waals surface area contributed by atoms with Crippen molar-refractivity contribution in [3.8, 4) is 0 Å². The zero-order valence-electron chi connectivity index (χ0n) is 14.9. The molecule has 0 radical (unpaired) electrons. The van der Waals surface area contributed by atoms with Crippen LogP contribution in [0.15, 0.2) is 18.2 Å². The number of carbonyl (C=O) groups is 2. The highest BCUT2D eigenvalue weighted by atomic mass is 19.1. The van der Waals surface area contributed by atoms with Gasteiger partial charge in [-0.25, -0.2) is 9.18 Å². The predicted octanol–water partition coefficient (Wildman–Crippen LogP) is 0.941. The zero-order valence-corrected chi connectivity index (χ0v) is 14.9.